The molecule has 104 valence electrons. The average molecular weight is 283 g/mol. The van der Waals surface area contributed by atoms with Crippen LogP contribution in [0.4, 0.5) is 0 Å². The highest BCUT2D eigenvalue weighted by Crippen LogP contribution is 2.21. The molecule has 0 saturated heterocycles. The first-order chi connectivity index (χ1) is 8.97. The first-order valence-corrected chi connectivity index (χ1v) is 7.18. The third-order valence-electron chi connectivity index (χ3n) is 2.70. The lowest BCUT2D eigenvalue weighted by Crippen LogP contribution is -2.41. The minimum absolute atomic E-state index is 0.0930. The Labute approximate surface area is 116 Å². The maximum absolute atomic E-state index is 12.0. The Bertz CT molecular complexity index is 476. The van der Waals surface area contributed by atoms with Crippen LogP contribution in [0.25, 0.3) is 0 Å². The van der Waals surface area contributed by atoms with Crippen LogP contribution in [-0.4, -0.2) is 40.1 Å². The highest BCUT2D eigenvalue weighted by Gasteiger charge is 2.21. The van der Waals surface area contributed by atoms with E-state index < -0.39 is 17.9 Å². The summed E-state index contributed by atoms with van der Waals surface area (Å²) in [6.07, 6.45) is 2.21. The second kappa shape index (κ2) is 7.04. The molecule has 0 aliphatic rings. The summed E-state index contributed by atoms with van der Waals surface area (Å²) in [5.74, 6) is -1.13. The van der Waals surface area contributed by atoms with E-state index in [0.29, 0.717) is 17.7 Å². The van der Waals surface area contributed by atoms with Crippen LogP contribution >= 0.6 is 11.8 Å². The van der Waals surface area contributed by atoms with Gasteiger partial charge in [0.15, 0.2) is 0 Å². The number of rotatable bonds is 6. The Morgan fingerprint density at radius 2 is 2.11 bits per heavy atom. The van der Waals surface area contributed by atoms with Gasteiger partial charge in [-0.1, -0.05) is 12.1 Å². The van der Waals surface area contributed by atoms with E-state index >= 15 is 0 Å². The normalized spacial score (nSPS) is 11.9. The van der Waals surface area contributed by atoms with E-state index in [9.17, 15) is 14.7 Å². The standard InChI is InChI=1S/C13H17NO4S/c1-8-4-3-5-9(11(8)15)12(16)14-10(13(17)18)6-7-19-2/h3-5,10,15H,6-7H2,1-2H3,(H,14,16)(H,17,18)/t10-/m0/s1. The molecule has 1 aromatic rings. The van der Waals surface area contributed by atoms with Crippen molar-refractivity contribution < 1.29 is 19.8 Å². The molecule has 1 amide bonds. The number of carboxylic acid groups (broad SMARTS) is 1. The minimum Gasteiger partial charge on any atom is -0.507 e. The Kier molecular flexibility index (Phi) is 5.69. The molecule has 19 heavy (non-hydrogen) atoms. The molecule has 0 fully saturated rings. The zero-order chi connectivity index (χ0) is 14.4. The molecule has 0 saturated carbocycles. The second-order valence-corrected chi connectivity index (χ2v) is 5.10. The SMILES string of the molecule is CSCC[C@H](NC(=O)c1cccc(C)c1O)C(=O)O. The largest absolute Gasteiger partial charge is 0.507 e. The fourth-order valence-corrected chi connectivity index (χ4v) is 2.04. The van der Waals surface area contributed by atoms with E-state index in [4.69, 9.17) is 5.11 Å². The minimum atomic E-state index is -1.07. The predicted molar refractivity (Wildman–Crippen MR) is 74.7 cm³/mol. The molecular weight excluding hydrogens is 266 g/mol. The van der Waals surface area contributed by atoms with Gasteiger partial charge in [0, 0.05) is 0 Å². The lowest BCUT2D eigenvalue weighted by Gasteiger charge is -2.15. The van der Waals surface area contributed by atoms with Crippen molar-refractivity contribution in [3.8, 4) is 5.75 Å². The number of aliphatic carboxylic acids is 1. The summed E-state index contributed by atoms with van der Waals surface area (Å²) < 4.78 is 0. The van der Waals surface area contributed by atoms with E-state index in [-0.39, 0.29) is 11.3 Å². The number of aromatic hydroxyl groups is 1. The summed E-state index contributed by atoms with van der Waals surface area (Å²) in [4.78, 5) is 23.0. The average Bonchev–Trinajstić information content (AvgIpc) is 2.37. The van der Waals surface area contributed by atoms with Crippen LogP contribution < -0.4 is 5.32 Å². The third kappa shape index (κ3) is 4.17. The molecule has 5 nitrogen and oxygen atoms in total. The molecule has 1 aromatic carbocycles. The third-order valence-corrected chi connectivity index (χ3v) is 3.34. The molecule has 3 N–H and O–H groups in total. The molecular formula is C13H17NO4S. The second-order valence-electron chi connectivity index (χ2n) is 4.12. The zero-order valence-corrected chi connectivity index (χ0v) is 11.7. The van der Waals surface area contributed by atoms with E-state index in [1.807, 2.05) is 6.26 Å². The first-order valence-electron chi connectivity index (χ1n) is 5.78. The number of benzene rings is 1. The van der Waals surface area contributed by atoms with Crippen LogP contribution in [0.2, 0.25) is 0 Å². The highest BCUT2D eigenvalue weighted by molar-refractivity contribution is 7.98. The van der Waals surface area contributed by atoms with Gasteiger partial charge in [-0.3, -0.25) is 4.79 Å². The van der Waals surface area contributed by atoms with E-state index in [0.717, 1.165) is 0 Å². The monoisotopic (exact) mass is 283 g/mol. The number of amides is 1. The first kappa shape index (κ1) is 15.4. The lowest BCUT2D eigenvalue weighted by atomic mass is 10.1. The summed E-state index contributed by atoms with van der Waals surface area (Å²) in [5.41, 5.74) is 0.666. The molecule has 0 radical (unpaired) electrons. The molecule has 1 rings (SSSR count). The maximum atomic E-state index is 12.0. The molecule has 0 spiro atoms. The van der Waals surface area contributed by atoms with Crippen LogP contribution in [0, 0.1) is 6.92 Å². The van der Waals surface area contributed by atoms with Crippen molar-refractivity contribution in [2.24, 2.45) is 0 Å². The Morgan fingerprint density at radius 3 is 2.68 bits per heavy atom. The van der Waals surface area contributed by atoms with Crippen molar-refractivity contribution in [2.75, 3.05) is 12.0 Å². The van der Waals surface area contributed by atoms with Gasteiger partial charge in [0.05, 0.1) is 5.56 Å². The number of hydrogen-bond donors (Lipinski definition) is 3. The van der Waals surface area contributed by atoms with Crippen LogP contribution in [0.3, 0.4) is 0 Å². The summed E-state index contributed by atoms with van der Waals surface area (Å²) >= 11 is 1.51. The van der Waals surface area contributed by atoms with Gasteiger partial charge in [0.2, 0.25) is 0 Å². The molecule has 0 aromatic heterocycles. The smallest absolute Gasteiger partial charge is 0.326 e. The van der Waals surface area contributed by atoms with Gasteiger partial charge < -0.3 is 15.5 Å². The van der Waals surface area contributed by atoms with Crippen LogP contribution in [-0.2, 0) is 4.79 Å². The summed E-state index contributed by atoms with van der Waals surface area (Å²) in [7, 11) is 0. The van der Waals surface area contributed by atoms with Crippen LogP contribution in [0.15, 0.2) is 18.2 Å². The van der Waals surface area contributed by atoms with Crippen molar-refractivity contribution in [1.29, 1.82) is 0 Å². The van der Waals surface area contributed by atoms with Crippen molar-refractivity contribution in [3.63, 3.8) is 0 Å². The highest BCUT2D eigenvalue weighted by atomic mass is 32.2. The number of aryl methyl sites for hydroxylation is 1. The van der Waals surface area contributed by atoms with Crippen molar-refractivity contribution in [2.45, 2.75) is 19.4 Å². The number of hydrogen-bond acceptors (Lipinski definition) is 4. The van der Waals surface area contributed by atoms with Gasteiger partial charge in [-0.25, -0.2) is 4.79 Å². The van der Waals surface area contributed by atoms with Gasteiger partial charge in [0.1, 0.15) is 11.8 Å². The van der Waals surface area contributed by atoms with Gasteiger partial charge in [0.25, 0.3) is 5.91 Å². The molecule has 0 bridgehead atoms. The number of phenolic OH excluding ortho intramolecular Hbond substituents is 1. The fraction of sp³-hybridized carbons (Fsp3) is 0.385. The van der Waals surface area contributed by atoms with Crippen LogP contribution in [0.5, 0.6) is 5.75 Å². The zero-order valence-electron chi connectivity index (χ0n) is 10.8. The number of thioether (sulfide) groups is 1. The van der Waals surface area contributed by atoms with E-state index in [1.165, 1.54) is 17.8 Å². The molecule has 0 unspecified atom stereocenters. The van der Waals surface area contributed by atoms with Crippen molar-refractivity contribution in [3.05, 3.63) is 29.3 Å². The number of para-hydroxylation sites is 1. The maximum Gasteiger partial charge on any atom is 0.326 e. The van der Waals surface area contributed by atoms with Gasteiger partial charge >= 0.3 is 5.97 Å². The Hall–Kier alpha value is -1.69. The van der Waals surface area contributed by atoms with Crippen LogP contribution in [0.1, 0.15) is 22.3 Å². The van der Waals surface area contributed by atoms with Crippen molar-refractivity contribution >= 4 is 23.6 Å². The summed E-state index contributed by atoms with van der Waals surface area (Å²) in [5, 5.41) is 21.2. The number of carbonyl (C=O) groups is 2. The molecule has 0 aliphatic carbocycles. The quantitative estimate of drug-likeness (QED) is 0.739. The molecule has 0 aliphatic heterocycles. The fourth-order valence-electron chi connectivity index (χ4n) is 1.57. The molecule has 6 heteroatoms. The number of carbonyl (C=O) groups excluding carboxylic acids is 1. The van der Waals surface area contributed by atoms with Crippen molar-refractivity contribution in [1.82, 2.24) is 5.32 Å². The van der Waals surface area contributed by atoms with E-state index in [1.54, 1.807) is 19.1 Å². The topological polar surface area (TPSA) is 86.6 Å². The van der Waals surface area contributed by atoms with Gasteiger partial charge in [-0.2, -0.15) is 11.8 Å². The number of phenols is 1. The lowest BCUT2D eigenvalue weighted by molar-refractivity contribution is -0.139. The summed E-state index contributed by atoms with van der Waals surface area (Å²) in [6.45, 7) is 1.68. The number of nitrogens with one attached hydrogen (secondary N) is 1. The summed E-state index contributed by atoms with van der Waals surface area (Å²) in [6, 6.07) is 3.83. The Morgan fingerprint density at radius 1 is 1.42 bits per heavy atom. The Balaban J connectivity index is 2.82. The van der Waals surface area contributed by atoms with E-state index in [2.05, 4.69) is 5.32 Å². The van der Waals surface area contributed by atoms with Gasteiger partial charge in [-0.05, 0) is 37.0 Å². The van der Waals surface area contributed by atoms with Gasteiger partial charge in [-0.15, -0.1) is 0 Å². The predicted octanol–water partition coefficient (Wildman–Crippen LogP) is 1.64. The number of carboxylic acids is 1. The molecule has 0 heterocycles. The molecule has 1 atom stereocenters.